The number of anilines is 1. The molecule has 1 aromatic carbocycles. The number of hydrogen-bond donors (Lipinski definition) is 0. The van der Waals surface area contributed by atoms with Gasteiger partial charge in [-0.3, -0.25) is 0 Å². The van der Waals surface area contributed by atoms with Gasteiger partial charge in [-0.25, -0.2) is 14.8 Å². The van der Waals surface area contributed by atoms with Crippen LogP contribution in [0.4, 0.5) is 23.8 Å². The first kappa shape index (κ1) is 27.5. The van der Waals surface area contributed by atoms with Crippen LogP contribution in [0.15, 0.2) is 12.4 Å². The molecular formula is C23H26F3N5O6S. The molecule has 0 bridgehead atoms. The number of rotatable bonds is 4. The molecule has 0 spiro atoms. The van der Waals surface area contributed by atoms with Gasteiger partial charge in [-0.1, -0.05) is 0 Å². The molecule has 2 aliphatic rings. The first-order valence-electron chi connectivity index (χ1n) is 11.8. The van der Waals surface area contributed by atoms with Crippen LogP contribution in [0.3, 0.4) is 0 Å². The average Bonchev–Trinajstić information content (AvgIpc) is 2.82. The topological polar surface area (TPSA) is 135 Å². The lowest BCUT2D eigenvalue weighted by molar-refractivity contribution is -0.0500. The van der Waals surface area contributed by atoms with Gasteiger partial charge in [0, 0.05) is 31.3 Å². The number of amides is 1. The fourth-order valence-corrected chi connectivity index (χ4v) is 4.86. The van der Waals surface area contributed by atoms with E-state index in [0.717, 1.165) is 6.07 Å². The van der Waals surface area contributed by atoms with Crippen molar-refractivity contribution in [2.45, 2.75) is 57.2 Å². The molecule has 11 nitrogen and oxygen atoms in total. The molecular weight excluding hydrogens is 531 g/mol. The maximum Gasteiger partial charge on any atom is 0.534 e. The Labute approximate surface area is 217 Å². The molecule has 0 unspecified atom stereocenters. The third-order valence-electron chi connectivity index (χ3n) is 5.96. The van der Waals surface area contributed by atoms with Gasteiger partial charge in [-0.15, -0.1) is 0 Å². The first-order chi connectivity index (χ1) is 17.7. The highest BCUT2D eigenvalue weighted by molar-refractivity contribution is 7.88. The van der Waals surface area contributed by atoms with Crippen LogP contribution in [0.1, 0.15) is 39.2 Å². The molecule has 1 saturated heterocycles. The summed E-state index contributed by atoms with van der Waals surface area (Å²) < 4.78 is 78.3. The molecule has 2 aromatic rings. The fraction of sp³-hybridized carbons (Fsp3) is 0.565. The molecule has 4 rings (SSSR count). The molecule has 0 N–H and O–H groups in total. The SMILES string of the molecule is CC(C)(C)OC(=O)N1CCN(c2ncnc3cc(OS(=O)(=O)C(F)(F)F)c4c(c23)OCCC4)C[C@@H]1CC#N. The number of aromatic nitrogens is 2. The van der Waals surface area contributed by atoms with Crippen LogP contribution in [0.2, 0.25) is 0 Å². The minimum Gasteiger partial charge on any atom is -0.492 e. The molecule has 3 heterocycles. The Morgan fingerprint density at radius 2 is 2.00 bits per heavy atom. The van der Waals surface area contributed by atoms with E-state index < -0.39 is 39.1 Å². The van der Waals surface area contributed by atoms with Crippen molar-refractivity contribution in [3.63, 3.8) is 0 Å². The summed E-state index contributed by atoms with van der Waals surface area (Å²) in [5, 5.41) is 9.76. The van der Waals surface area contributed by atoms with Gasteiger partial charge in [0.25, 0.3) is 0 Å². The minimum absolute atomic E-state index is 0.0284. The van der Waals surface area contributed by atoms with Gasteiger partial charge in [-0.2, -0.15) is 26.9 Å². The summed E-state index contributed by atoms with van der Waals surface area (Å²) in [6, 6.07) is 2.69. The highest BCUT2D eigenvalue weighted by Gasteiger charge is 2.49. The number of benzene rings is 1. The second-order valence-corrected chi connectivity index (χ2v) is 11.4. The van der Waals surface area contributed by atoms with Gasteiger partial charge >= 0.3 is 21.7 Å². The fourth-order valence-electron chi connectivity index (χ4n) is 4.38. The van der Waals surface area contributed by atoms with E-state index in [1.165, 1.54) is 11.2 Å². The average molecular weight is 558 g/mol. The maximum atomic E-state index is 13.0. The monoisotopic (exact) mass is 557 g/mol. The van der Waals surface area contributed by atoms with Crippen molar-refractivity contribution in [1.82, 2.24) is 14.9 Å². The van der Waals surface area contributed by atoms with Crippen LogP contribution < -0.4 is 13.8 Å². The number of alkyl halides is 3. The number of ether oxygens (including phenoxy) is 2. The zero-order valence-electron chi connectivity index (χ0n) is 20.9. The molecule has 1 aromatic heterocycles. The number of nitrogens with zero attached hydrogens (tertiary/aromatic N) is 5. The van der Waals surface area contributed by atoms with Crippen molar-refractivity contribution in [3.8, 4) is 17.6 Å². The highest BCUT2D eigenvalue weighted by Crippen LogP contribution is 2.44. The van der Waals surface area contributed by atoms with Crippen LogP contribution in [-0.4, -0.2) is 72.8 Å². The summed E-state index contributed by atoms with van der Waals surface area (Å²) in [6.07, 6.45) is 1.32. The van der Waals surface area contributed by atoms with Gasteiger partial charge in [0.2, 0.25) is 0 Å². The number of hydrogen-bond acceptors (Lipinski definition) is 10. The van der Waals surface area contributed by atoms with Crippen LogP contribution in [0.5, 0.6) is 11.5 Å². The van der Waals surface area contributed by atoms with Crippen molar-refractivity contribution in [2.75, 3.05) is 31.1 Å². The van der Waals surface area contributed by atoms with Gasteiger partial charge in [0.05, 0.1) is 36.0 Å². The Morgan fingerprint density at radius 1 is 1.26 bits per heavy atom. The zero-order valence-corrected chi connectivity index (χ0v) is 21.7. The predicted octanol–water partition coefficient (Wildman–Crippen LogP) is 3.52. The Bertz CT molecular complexity index is 1390. The number of fused-ring (bicyclic) bond motifs is 3. The second kappa shape index (κ2) is 9.97. The van der Waals surface area contributed by atoms with E-state index in [1.807, 2.05) is 4.90 Å². The summed E-state index contributed by atoms with van der Waals surface area (Å²) in [7, 11) is -5.91. The highest BCUT2D eigenvalue weighted by atomic mass is 32.2. The third-order valence-corrected chi connectivity index (χ3v) is 6.93. The van der Waals surface area contributed by atoms with Crippen molar-refractivity contribution >= 4 is 32.9 Å². The van der Waals surface area contributed by atoms with E-state index >= 15 is 0 Å². The Balaban J connectivity index is 1.74. The zero-order chi connectivity index (χ0) is 27.9. The predicted molar refractivity (Wildman–Crippen MR) is 128 cm³/mol. The second-order valence-electron chi connectivity index (χ2n) is 9.84. The van der Waals surface area contributed by atoms with Crippen LogP contribution in [0, 0.1) is 11.3 Å². The molecule has 0 radical (unpaired) electrons. The van der Waals surface area contributed by atoms with Crippen molar-refractivity contribution in [1.29, 1.82) is 5.26 Å². The van der Waals surface area contributed by atoms with Gasteiger partial charge < -0.3 is 23.5 Å². The van der Waals surface area contributed by atoms with Crippen molar-refractivity contribution in [2.24, 2.45) is 0 Å². The van der Waals surface area contributed by atoms with E-state index in [-0.39, 0.29) is 49.4 Å². The van der Waals surface area contributed by atoms with Crippen molar-refractivity contribution in [3.05, 3.63) is 18.0 Å². The van der Waals surface area contributed by atoms with E-state index in [9.17, 15) is 31.6 Å². The molecule has 0 aliphatic carbocycles. The minimum atomic E-state index is -5.91. The summed E-state index contributed by atoms with van der Waals surface area (Å²) in [4.78, 5) is 24.6. The molecule has 1 atom stereocenters. The van der Waals surface area contributed by atoms with E-state index in [4.69, 9.17) is 9.47 Å². The Hall–Kier alpha value is -3.54. The Kier molecular flexibility index (Phi) is 7.21. The van der Waals surface area contributed by atoms with Crippen LogP contribution in [-0.2, 0) is 21.3 Å². The molecule has 2 aliphatic heterocycles. The van der Waals surface area contributed by atoms with Gasteiger partial charge in [0.15, 0.2) is 5.75 Å². The number of carbonyl (C=O) groups excluding carboxylic acids is 1. The number of nitriles is 1. The molecule has 15 heteroatoms. The summed E-state index contributed by atoms with van der Waals surface area (Å²) in [6.45, 7) is 6.23. The van der Waals surface area contributed by atoms with Gasteiger partial charge in [-0.05, 0) is 33.6 Å². The third kappa shape index (κ3) is 5.50. The molecule has 1 fully saturated rings. The maximum absolute atomic E-state index is 13.0. The lowest BCUT2D eigenvalue weighted by Crippen LogP contribution is -2.56. The molecule has 206 valence electrons. The molecule has 1 amide bonds. The number of carbonyl (C=O) groups is 1. The normalized spacial score (nSPS) is 18.4. The van der Waals surface area contributed by atoms with E-state index in [2.05, 4.69) is 20.2 Å². The van der Waals surface area contributed by atoms with Crippen LogP contribution >= 0.6 is 0 Å². The lowest BCUT2D eigenvalue weighted by atomic mass is 10.0. The Morgan fingerprint density at radius 3 is 2.66 bits per heavy atom. The summed E-state index contributed by atoms with van der Waals surface area (Å²) in [5.74, 6) is 0.0135. The van der Waals surface area contributed by atoms with E-state index in [1.54, 1.807) is 20.8 Å². The van der Waals surface area contributed by atoms with E-state index in [0.29, 0.717) is 24.2 Å². The lowest BCUT2D eigenvalue weighted by Gasteiger charge is -2.41. The summed E-state index contributed by atoms with van der Waals surface area (Å²) >= 11 is 0. The smallest absolute Gasteiger partial charge is 0.492 e. The first-order valence-corrected chi connectivity index (χ1v) is 13.2. The molecule has 38 heavy (non-hydrogen) atoms. The van der Waals surface area contributed by atoms with Crippen LogP contribution in [0.25, 0.3) is 10.9 Å². The summed E-state index contributed by atoms with van der Waals surface area (Å²) in [5.41, 5.74) is -6.04. The quantitative estimate of drug-likeness (QED) is 0.406. The molecule has 0 saturated carbocycles. The largest absolute Gasteiger partial charge is 0.534 e. The van der Waals surface area contributed by atoms with Crippen molar-refractivity contribution < 1.29 is 40.0 Å². The number of halogens is 3. The standard InChI is InChI=1S/C23H26F3N5O6S/c1-22(2,3)36-21(32)31-9-8-30(12-14(31)6-7-27)20-18-16(28-13-29-20)11-17(15-5-4-10-35-19(15)18)37-38(33,34)23(24,25)26/h11,13-14H,4-6,8-10,12H2,1-3H3/t14-/m0/s1. The van der Waals surface area contributed by atoms with Gasteiger partial charge in [0.1, 0.15) is 23.5 Å². The number of piperazine rings is 1.